The third-order valence-corrected chi connectivity index (χ3v) is 4.15. The van der Waals surface area contributed by atoms with Crippen molar-refractivity contribution in [3.05, 3.63) is 63.8 Å². The van der Waals surface area contributed by atoms with Crippen LogP contribution in [0.15, 0.2) is 42.6 Å². The van der Waals surface area contributed by atoms with E-state index in [9.17, 15) is 0 Å². The first-order valence-electron chi connectivity index (χ1n) is 7.28. The Hall–Kier alpha value is -2.37. The van der Waals surface area contributed by atoms with Crippen LogP contribution in [0.25, 0.3) is 0 Å². The van der Waals surface area contributed by atoms with Crippen molar-refractivity contribution in [2.75, 3.05) is 10.6 Å². The Kier molecular flexibility index (Phi) is 4.83. The molecule has 3 rings (SSSR count). The Bertz CT molecular complexity index is 883. The molecule has 0 radical (unpaired) electrons. The summed E-state index contributed by atoms with van der Waals surface area (Å²) >= 11 is 12.1. The van der Waals surface area contributed by atoms with Gasteiger partial charge < -0.3 is 10.6 Å². The molecular weight excluding hydrogens is 345 g/mol. The number of hydrogen-bond acceptors (Lipinski definition) is 5. The average Bonchev–Trinajstić information content (AvgIpc) is 2.55. The third kappa shape index (κ3) is 3.75. The number of aryl methyl sites for hydroxylation is 1. The predicted octanol–water partition coefficient (Wildman–Crippen LogP) is 5.28. The van der Waals surface area contributed by atoms with E-state index >= 15 is 0 Å². The van der Waals surface area contributed by atoms with Crippen molar-refractivity contribution in [1.29, 1.82) is 0 Å². The lowest BCUT2D eigenvalue weighted by molar-refractivity contribution is 0.981. The number of hydrogen-bond donors (Lipinski definition) is 2. The van der Waals surface area contributed by atoms with Gasteiger partial charge in [0.15, 0.2) is 5.82 Å². The second-order valence-electron chi connectivity index (χ2n) is 5.29. The van der Waals surface area contributed by atoms with Crippen LogP contribution in [0.4, 0.5) is 23.1 Å². The molecule has 0 aliphatic heterocycles. The smallest absolute Gasteiger partial charge is 0.249 e. The molecule has 0 aliphatic rings. The fourth-order valence-electron chi connectivity index (χ4n) is 2.15. The zero-order valence-electron chi connectivity index (χ0n) is 13.1. The maximum atomic E-state index is 6.16. The first kappa shape index (κ1) is 16.5. The minimum atomic E-state index is 0.402. The second kappa shape index (κ2) is 7.03. The molecule has 0 unspecified atom stereocenters. The molecular formula is C17H15Cl2N5. The SMILES string of the molecule is Cc1cccc(Nc2nncc(Nc3ccc(Cl)cc3Cl)n2)c1C. The van der Waals surface area contributed by atoms with Crippen LogP contribution < -0.4 is 10.6 Å². The number of nitrogens with one attached hydrogen (secondary N) is 2. The highest BCUT2D eigenvalue weighted by Crippen LogP contribution is 2.28. The monoisotopic (exact) mass is 359 g/mol. The zero-order valence-corrected chi connectivity index (χ0v) is 14.7. The molecule has 2 aromatic carbocycles. The van der Waals surface area contributed by atoms with Gasteiger partial charge in [0.25, 0.3) is 0 Å². The van der Waals surface area contributed by atoms with Gasteiger partial charge in [0.05, 0.1) is 16.9 Å². The summed E-state index contributed by atoms with van der Waals surface area (Å²) in [4.78, 5) is 4.41. The minimum Gasteiger partial charge on any atom is -0.338 e. The minimum absolute atomic E-state index is 0.402. The van der Waals surface area contributed by atoms with Crippen molar-refractivity contribution in [2.24, 2.45) is 0 Å². The molecule has 7 heteroatoms. The number of nitrogens with zero attached hydrogens (tertiary/aromatic N) is 3. The van der Waals surface area contributed by atoms with E-state index in [2.05, 4.69) is 38.8 Å². The van der Waals surface area contributed by atoms with Gasteiger partial charge in [-0.3, -0.25) is 0 Å². The molecule has 122 valence electrons. The summed E-state index contributed by atoms with van der Waals surface area (Å²) in [5.41, 5.74) is 3.97. The first-order chi connectivity index (χ1) is 11.5. The highest BCUT2D eigenvalue weighted by atomic mass is 35.5. The molecule has 24 heavy (non-hydrogen) atoms. The predicted molar refractivity (Wildman–Crippen MR) is 98.8 cm³/mol. The molecule has 2 N–H and O–H groups in total. The lowest BCUT2D eigenvalue weighted by Crippen LogP contribution is -2.03. The van der Waals surface area contributed by atoms with Crippen LogP contribution in [-0.4, -0.2) is 15.2 Å². The fourth-order valence-corrected chi connectivity index (χ4v) is 2.61. The van der Waals surface area contributed by atoms with Crippen LogP contribution in [0.1, 0.15) is 11.1 Å². The quantitative estimate of drug-likeness (QED) is 0.663. The van der Waals surface area contributed by atoms with E-state index in [0.717, 1.165) is 11.3 Å². The highest BCUT2D eigenvalue weighted by Gasteiger charge is 2.07. The van der Waals surface area contributed by atoms with Gasteiger partial charge in [-0.2, -0.15) is 10.1 Å². The largest absolute Gasteiger partial charge is 0.338 e. The van der Waals surface area contributed by atoms with Gasteiger partial charge >= 0.3 is 0 Å². The number of benzene rings is 2. The molecule has 0 saturated heterocycles. The molecule has 1 heterocycles. The molecule has 3 aromatic rings. The Labute approximate surface area is 150 Å². The van der Waals surface area contributed by atoms with Crippen molar-refractivity contribution in [2.45, 2.75) is 13.8 Å². The molecule has 0 aliphatic carbocycles. The molecule has 0 atom stereocenters. The maximum Gasteiger partial charge on any atom is 0.249 e. The van der Waals surface area contributed by atoms with Crippen molar-refractivity contribution in [1.82, 2.24) is 15.2 Å². The normalized spacial score (nSPS) is 10.5. The molecule has 0 spiro atoms. The summed E-state index contributed by atoms with van der Waals surface area (Å²) in [6.45, 7) is 4.10. The van der Waals surface area contributed by atoms with Crippen LogP contribution in [0.2, 0.25) is 10.0 Å². The van der Waals surface area contributed by atoms with Crippen molar-refractivity contribution < 1.29 is 0 Å². The van der Waals surface area contributed by atoms with Gasteiger partial charge in [-0.05, 0) is 49.2 Å². The van der Waals surface area contributed by atoms with E-state index in [1.54, 1.807) is 18.2 Å². The number of anilines is 4. The average molecular weight is 360 g/mol. The van der Waals surface area contributed by atoms with Crippen LogP contribution in [0.5, 0.6) is 0 Å². The Morgan fingerprint density at radius 1 is 0.958 bits per heavy atom. The standard InChI is InChI=1S/C17H15Cl2N5/c1-10-4-3-5-14(11(10)2)22-17-23-16(9-20-24-17)21-15-7-6-12(18)8-13(15)19/h3-9H,1-2H3,(H2,21,22,23,24). The summed E-state index contributed by atoms with van der Waals surface area (Å²) in [5, 5.41) is 15.4. The number of halogens is 2. The topological polar surface area (TPSA) is 62.7 Å². The Balaban J connectivity index is 1.82. The van der Waals surface area contributed by atoms with Gasteiger partial charge in [-0.15, -0.1) is 5.10 Å². The second-order valence-corrected chi connectivity index (χ2v) is 6.13. The van der Waals surface area contributed by atoms with E-state index in [1.807, 2.05) is 19.1 Å². The number of aromatic nitrogens is 3. The van der Waals surface area contributed by atoms with Crippen LogP contribution in [0.3, 0.4) is 0 Å². The van der Waals surface area contributed by atoms with Gasteiger partial charge in [-0.1, -0.05) is 35.3 Å². The molecule has 0 saturated carbocycles. The van der Waals surface area contributed by atoms with Crippen LogP contribution in [0, 0.1) is 13.8 Å². The summed E-state index contributed by atoms with van der Waals surface area (Å²) in [6, 6.07) is 11.2. The lowest BCUT2D eigenvalue weighted by Gasteiger charge is -2.11. The van der Waals surface area contributed by atoms with Gasteiger partial charge in [-0.25, -0.2) is 0 Å². The first-order valence-corrected chi connectivity index (χ1v) is 8.03. The number of rotatable bonds is 4. The van der Waals surface area contributed by atoms with Crippen molar-refractivity contribution in [3.8, 4) is 0 Å². The summed E-state index contributed by atoms with van der Waals surface area (Å²) in [6.07, 6.45) is 1.53. The highest BCUT2D eigenvalue weighted by molar-refractivity contribution is 6.36. The maximum absolute atomic E-state index is 6.16. The molecule has 1 aromatic heterocycles. The molecule has 0 amide bonds. The summed E-state index contributed by atoms with van der Waals surface area (Å²) in [7, 11) is 0. The van der Waals surface area contributed by atoms with Gasteiger partial charge in [0.2, 0.25) is 5.95 Å². The van der Waals surface area contributed by atoms with Crippen LogP contribution >= 0.6 is 23.2 Å². The van der Waals surface area contributed by atoms with E-state index in [-0.39, 0.29) is 0 Å². The zero-order chi connectivity index (χ0) is 17.1. The molecule has 0 fully saturated rings. The van der Waals surface area contributed by atoms with E-state index < -0.39 is 0 Å². The molecule has 5 nitrogen and oxygen atoms in total. The van der Waals surface area contributed by atoms with Gasteiger partial charge in [0, 0.05) is 10.7 Å². The fraction of sp³-hybridized carbons (Fsp3) is 0.118. The summed E-state index contributed by atoms with van der Waals surface area (Å²) in [5.74, 6) is 0.931. The van der Waals surface area contributed by atoms with Crippen LogP contribution in [-0.2, 0) is 0 Å². The molecule has 0 bridgehead atoms. The van der Waals surface area contributed by atoms with Crippen molar-refractivity contribution in [3.63, 3.8) is 0 Å². The summed E-state index contributed by atoms with van der Waals surface area (Å²) < 4.78 is 0. The van der Waals surface area contributed by atoms with Gasteiger partial charge in [0.1, 0.15) is 0 Å². The van der Waals surface area contributed by atoms with E-state index in [0.29, 0.717) is 27.5 Å². The Morgan fingerprint density at radius 2 is 1.79 bits per heavy atom. The Morgan fingerprint density at radius 3 is 2.58 bits per heavy atom. The van der Waals surface area contributed by atoms with E-state index in [1.165, 1.54) is 11.8 Å². The lowest BCUT2D eigenvalue weighted by atomic mass is 10.1. The van der Waals surface area contributed by atoms with Crippen molar-refractivity contribution >= 4 is 46.3 Å². The third-order valence-electron chi connectivity index (χ3n) is 3.60. The van der Waals surface area contributed by atoms with E-state index in [4.69, 9.17) is 23.2 Å².